The first kappa shape index (κ1) is 15.4. The van der Waals surface area contributed by atoms with Crippen LogP contribution in [0.2, 0.25) is 0 Å². The number of phenols is 1. The van der Waals surface area contributed by atoms with Gasteiger partial charge in [-0.1, -0.05) is 44.2 Å². The number of carbonyl (C=O) groups excluding carboxylic acids is 1. The molecule has 112 valence electrons. The number of fused-ring (bicyclic) bond motifs is 1. The molecule has 0 atom stereocenters. The van der Waals surface area contributed by atoms with Crippen LogP contribution in [-0.2, 0) is 16.1 Å². The Morgan fingerprint density at radius 3 is 2.38 bits per heavy atom. The highest BCUT2D eigenvalue weighted by molar-refractivity contribution is 5.90. The second-order valence-corrected chi connectivity index (χ2v) is 5.63. The fraction of sp³-hybridized carbons (Fsp3) is 0.389. The summed E-state index contributed by atoms with van der Waals surface area (Å²) in [4.78, 5) is 12.2. The van der Waals surface area contributed by atoms with Crippen LogP contribution in [0.1, 0.15) is 39.2 Å². The smallest absolute Gasteiger partial charge is 0.312 e. The number of rotatable bonds is 5. The largest absolute Gasteiger partial charge is 0.507 e. The number of hydrogen-bond acceptors (Lipinski definition) is 3. The van der Waals surface area contributed by atoms with Gasteiger partial charge in [0.2, 0.25) is 0 Å². The molecule has 21 heavy (non-hydrogen) atoms. The van der Waals surface area contributed by atoms with Crippen molar-refractivity contribution in [2.24, 2.45) is 5.41 Å². The molecule has 0 unspecified atom stereocenters. The molecule has 0 radical (unpaired) electrons. The SMILES string of the molecule is CCC(C)(CC)C(=O)OCc1cccc2c(O)cccc12. The molecule has 3 nitrogen and oxygen atoms in total. The number of ether oxygens (including phenoxy) is 1. The molecule has 0 fully saturated rings. The molecule has 2 aromatic rings. The van der Waals surface area contributed by atoms with E-state index in [-0.39, 0.29) is 18.3 Å². The van der Waals surface area contributed by atoms with E-state index in [1.165, 1.54) is 0 Å². The van der Waals surface area contributed by atoms with Crippen LogP contribution in [0, 0.1) is 5.41 Å². The molecule has 0 saturated heterocycles. The number of esters is 1. The molecule has 0 amide bonds. The maximum absolute atomic E-state index is 12.2. The maximum atomic E-state index is 12.2. The van der Waals surface area contributed by atoms with Gasteiger partial charge in [0.25, 0.3) is 0 Å². The Morgan fingerprint density at radius 1 is 1.10 bits per heavy atom. The van der Waals surface area contributed by atoms with Crippen molar-refractivity contribution in [1.29, 1.82) is 0 Å². The van der Waals surface area contributed by atoms with E-state index in [1.54, 1.807) is 12.1 Å². The van der Waals surface area contributed by atoms with Gasteiger partial charge in [0.05, 0.1) is 5.41 Å². The summed E-state index contributed by atoms with van der Waals surface area (Å²) in [6, 6.07) is 11.0. The molecule has 1 N–H and O–H groups in total. The van der Waals surface area contributed by atoms with E-state index in [9.17, 15) is 9.90 Å². The summed E-state index contributed by atoms with van der Waals surface area (Å²) in [5, 5.41) is 11.6. The van der Waals surface area contributed by atoms with Crippen LogP contribution in [0.15, 0.2) is 36.4 Å². The molecule has 0 saturated carbocycles. The monoisotopic (exact) mass is 286 g/mol. The van der Waals surface area contributed by atoms with Crippen molar-refractivity contribution in [3.8, 4) is 5.75 Å². The highest BCUT2D eigenvalue weighted by Gasteiger charge is 2.30. The van der Waals surface area contributed by atoms with Crippen molar-refractivity contribution in [1.82, 2.24) is 0 Å². The highest BCUT2D eigenvalue weighted by Crippen LogP contribution is 2.30. The number of hydrogen-bond donors (Lipinski definition) is 1. The van der Waals surface area contributed by atoms with Gasteiger partial charge in [0.15, 0.2) is 0 Å². The Bertz CT molecular complexity index is 642. The molecule has 2 aromatic carbocycles. The van der Waals surface area contributed by atoms with Crippen LogP contribution in [0.5, 0.6) is 5.75 Å². The van der Waals surface area contributed by atoms with Crippen LogP contribution in [0.25, 0.3) is 10.8 Å². The van der Waals surface area contributed by atoms with E-state index in [4.69, 9.17) is 4.74 Å². The Balaban J connectivity index is 2.22. The number of carbonyl (C=O) groups is 1. The van der Waals surface area contributed by atoms with Crippen LogP contribution in [0.4, 0.5) is 0 Å². The van der Waals surface area contributed by atoms with Gasteiger partial charge in [-0.15, -0.1) is 0 Å². The molecule has 0 aromatic heterocycles. The van der Waals surface area contributed by atoms with Gasteiger partial charge in [0, 0.05) is 5.39 Å². The van der Waals surface area contributed by atoms with Crippen LogP contribution in [-0.4, -0.2) is 11.1 Å². The summed E-state index contributed by atoms with van der Waals surface area (Å²) in [5.74, 6) is 0.0808. The second kappa shape index (κ2) is 6.17. The van der Waals surface area contributed by atoms with E-state index in [2.05, 4.69) is 0 Å². The fourth-order valence-electron chi connectivity index (χ4n) is 2.34. The zero-order chi connectivity index (χ0) is 15.5. The van der Waals surface area contributed by atoms with Gasteiger partial charge in [-0.3, -0.25) is 4.79 Å². The van der Waals surface area contributed by atoms with Crippen molar-refractivity contribution in [3.63, 3.8) is 0 Å². The second-order valence-electron chi connectivity index (χ2n) is 5.63. The molecular formula is C18H22O3. The van der Waals surface area contributed by atoms with Gasteiger partial charge < -0.3 is 9.84 Å². The van der Waals surface area contributed by atoms with Crippen molar-refractivity contribution < 1.29 is 14.6 Å². The lowest BCUT2D eigenvalue weighted by Gasteiger charge is -2.24. The van der Waals surface area contributed by atoms with Crippen molar-refractivity contribution in [2.75, 3.05) is 0 Å². The first-order valence-corrected chi connectivity index (χ1v) is 7.38. The minimum atomic E-state index is -0.424. The summed E-state index contributed by atoms with van der Waals surface area (Å²) in [7, 11) is 0. The molecule has 3 heteroatoms. The maximum Gasteiger partial charge on any atom is 0.312 e. The third-order valence-electron chi connectivity index (χ3n) is 4.40. The number of aromatic hydroxyl groups is 1. The number of phenolic OH excluding ortho intramolecular Hbond substituents is 1. The van der Waals surface area contributed by atoms with E-state index < -0.39 is 5.41 Å². The van der Waals surface area contributed by atoms with Gasteiger partial charge in [-0.25, -0.2) is 0 Å². The lowest BCUT2D eigenvalue weighted by molar-refractivity contribution is -0.156. The molecule has 0 heterocycles. The average Bonchev–Trinajstić information content (AvgIpc) is 2.52. The normalized spacial score (nSPS) is 11.6. The lowest BCUT2D eigenvalue weighted by Crippen LogP contribution is -2.28. The Morgan fingerprint density at radius 2 is 1.71 bits per heavy atom. The van der Waals surface area contributed by atoms with Crippen LogP contribution >= 0.6 is 0 Å². The molecule has 0 aliphatic carbocycles. The van der Waals surface area contributed by atoms with Gasteiger partial charge in [-0.2, -0.15) is 0 Å². The van der Waals surface area contributed by atoms with Crippen molar-refractivity contribution >= 4 is 16.7 Å². The quantitative estimate of drug-likeness (QED) is 0.828. The molecular weight excluding hydrogens is 264 g/mol. The summed E-state index contributed by atoms with van der Waals surface area (Å²) in [6.07, 6.45) is 1.53. The minimum Gasteiger partial charge on any atom is -0.507 e. The summed E-state index contributed by atoms with van der Waals surface area (Å²) >= 11 is 0. The average molecular weight is 286 g/mol. The lowest BCUT2D eigenvalue weighted by atomic mass is 9.85. The van der Waals surface area contributed by atoms with Gasteiger partial charge in [0.1, 0.15) is 12.4 Å². The summed E-state index contributed by atoms with van der Waals surface area (Å²) < 4.78 is 5.50. The van der Waals surface area contributed by atoms with Crippen LogP contribution < -0.4 is 0 Å². The summed E-state index contributed by atoms with van der Waals surface area (Å²) in [6.45, 7) is 6.17. The molecule has 0 aliphatic rings. The van der Waals surface area contributed by atoms with Gasteiger partial charge >= 0.3 is 5.97 Å². The third kappa shape index (κ3) is 3.02. The third-order valence-corrected chi connectivity index (χ3v) is 4.40. The van der Waals surface area contributed by atoms with Crippen LogP contribution in [0.3, 0.4) is 0 Å². The molecule has 2 rings (SSSR count). The Labute approximate surface area is 125 Å². The zero-order valence-corrected chi connectivity index (χ0v) is 12.8. The Kier molecular flexibility index (Phi) is 4.51. The van der Waals surface area contributed by atoms with E-state index >= 15 is 0 Å². The van der Waals surface area contributed by atoms with Crippen molar-refractivity contribution in [2.45, 2.75) is 40.2 Å². The predicted molar refractivity (Wildman–Crippen MR) is 84.1 cm³/mol. The topological polar surface area (TPSA) is 46.5 Å². The van der Waals surface area contributed by atoms with E-state index in [1.807, 2.05) is 45.0 Å². The zero-order valence-electron chi connectivity index (χ0n) is 12.8. The summed E-state index contributed by atoms with van der Waals surface area (Å²) in [5.41, 5.74) is 0.485. The first-order chi connectivity index (χ1) is 10.0. The van der Waals surface area contributed by atoms with E-state index in [0.717, 1.165) is 29.2 Å². The van der Waals surface area contributed by atoms with Gasteiger partial charge in [-0.05, 0) is 36.8 Å². The Hall–Kier alpha value is -2.03. The molecule has 0 aliphatic heterocycles. The number of benzene rings is 2. The minimum absolute atomic E-state index is 0.162. The fourth-order valence-corrected chi connectivity index (χ4v) is 2.34. The van der Waals surface area contributed by atoms with E-state index in [0.29, 0.717) is 0 Å². The molecule has 0 spiro atoms. The highest BCUT2D eigenvalue weighted by atomic mass is 16.5. The first-order valence-electron chi connectivity index (χ1n) is 7.38. The predicted octanol–water partition coefficient (Wildman–Crippen LogP) is 4.41. The van der Waals surface area contributed by atoms with Crippen molar-refractivity contribution in [3.05, 3.63) is 42.0 Å². The molecule has 0 bridgehead atoms. The standard InChI is InChI=1S/C18H22O3/c1-4-18(3,5-2)17(20)21-12-13-8-6-10-15-14(13)9-7-11-16(15)19/h6-11,19H,4-5,12H2,1-3H3.